The number of carbonyl (C=O) groups excluding carboxylic acids is 1. The van der Waals surface area contributed by atoms with Crippen LogP contribution in [-0.4, -0.2) is 75.8 Å². The number of amides is 1. The number of aromatic nitrogens is 2. The molecule has 43 heavy (non-hydrogen) atoms. The average molecular weight is 590 g/mol. The molecule has 2 fully saturated rings. The number of piperazine rings is 1. The molecule has 0 unspecified atom stereocenters. The van der Waals surface area contributed by atoms with Gasteiger partial charge in [-0.2, -0.15) is 0 Å². The number of anilines is 1. The fourth-order valence-electron chi connectivity index (χ4n) is 5.39. The Hall–Kier alpha value is -3.90. The normalized spacial score (nSPS) is 21.0. The van der Waals surface area contributed by atoms with Crippen molar-refractivity contribution in [1.29, 1.82) is 0 Å². The minimum atomic E-state index is -0.900. The van der Waals surface area contributed by atoms with Crippen molar-refractivity contribution in [3.8, 4) is 0 Å². The SMILES string of the molecule is O=C(O)CCCC(=O)NCc1ccc([C@H]2O[C@@H](CN3CCN(c4ncccn4)CC3)C[C@@H](c3ccc(CO)cc3)O2)cc1. The number of aliphatic hydroxyl groups excluding tert-OH is 1. The van der Waals surface area contributed by atoms with Crippen molar-refractivity contribution in [1.82, 2.24) is 20.2 Å². The maximum Gasteiger partial charge on any atom is 0.303 e. The molecule has 0 aliphatic carbocycles. The standard InChI is InChI=1S/C32H39N5O6/c38-22-24-7-9-25(10-8-24)28-19-27(21-36-15-17-37(18-16-36)32-33-13-2-14-34-32)42-31(43-28)26-11-5-23(6-12-26)20-35-29(39)3-1-4-30(40)41/h2,5-14,27-28,31,38H,1,3-4,15-22H2,(H,35,39)(H,40,41)/t27-,28+,31+/m1/s1. The predicted octanol–water partition coefficient (Wildman–Crippen LogP) is 3.21. The van der Waals surface area contributed by atoms with Crippen molar-refractivity contribution in [2.45, 2.75) is 57.3 Å². The van der Waals surface area contributed by atoms with Gasteiger partial charge in [0.25, 0.3) is 0 Å². The Morgan fingerprint density at radius 3 is 2.23 bits per heavy atom. The molecule has 0 bridgehead atoms. The number of carboxylic acids is 1. The lowest BCUT2D eigenvalue weighted by Crippen LogP contribution is -2.50. The second-order valence-electron chi connectivity index (χ2n) is 11.0. The number of carbonyl (C=O) groups is 2. The number of benzene rings is 2. The maximum absolute atomic E-state index is 12.0. The maximum atomic E-state index is 12.0. The second-order valence-corrected chi connectivity index (χ2v) is 11.0. The molecule has 11 nitrogen and oxygen atoms in total. The molecule has 3 heterocycles. The fraction of sp³-hybridized carbons (Fsp3) is 0.438. The molecular weight excluding hydrogens is 550 g/mol. The van der Waals surface area contributed by atoms with Crippen LogP contribution in [0.4, 0.5) is 5.95 Å². The van der Waals surface area contributed by atoms with Gasteiger partial charge in [0.1, 0.15) is 0 Å². The molecule has 228 valence electrons. The van der Waals surface area contributed by atoms with Gasteiger partial charge in [-0.1, -0.05) is 48.5 Å². The molecule has 2 saturated heterocycles. The van der Waals surface area contributed by atoms with Crippen LogP contribution in [0.15, 0.2) is 67.0 Å². The molecular formula is C32H39N5O6. The highest BCUT2D eigenvalue weighted by atomic mass is 16.7. The summed E-state index contributed by atoms with van der Waals surface area (Å²) in [7, 11) is 0. The van der Waals surface area contributed by atoms with Crippen molar-refractivity contribution < 1.29 is 29.3 Å². The summed E-state index contributed by atoms with van der Waals surface area (Å²) < 4.78 is 13.0. The fourth-order valence-corrected chi connectivity index (χ4v) is 5.39. The summed E-state index contributed by atoms with van der Waals surface area (Å²) >= 11 is 0. The number of nitrogens with zero attached hydrogens (tertiary/aromatic N) is 4. The van der Waals surface area contributed by atoms with Crippen molar-refractivity contribution in [2.75, 3.05) is 37.6 Å². The monoisotopic (exact) mass is 589 g/mol. The van der Waals surface area contributed by atoms with Crippen molar-refractivity contribution in [3.05, 3.63) is 89.2 Å². The first kappa shape index (κ1) is 30.6. The Kier molecular flexibility index (Phi) is 10.7. The summed E-state index contributed by atoms with van der Waals surface area (Å²) in [5.74, 6) is -0.306. The zero-order valence-electron chi connectivity index (χ0n) is 24.2. The molecule has 3 aromatic rings. The molecule has 0 saturated carbocycles. The minimum absolute atomic E-state index is 0.00466. The highest BCUT2D eigenvalue weighted by Crippen LogP contribution is 2.38. The zero-order chi connectivity index (χ0) is 30.0. The van der Waals surface area contributed by atoms with Crippen LogP contribution in [0.1, 0.15) is 60.3 Å². The topological polar surface area (TPSA) is 137 Å². The van der Waals surface area contributed by atoms with Crippen LogP contribution in [0.2, 0.25) is 0 Å². The quantitative estimate of drug-likeness (QED) is 0.289. The van der Waals surface area contributed by atoms with E-state index in [1.165, 1.54) is 0 Å². The van der Waals surface area contributed by atoms with Crippen molar-refractivity contribution >= 4 is 17.8 Å². The summed E-state index contributed by atoms with van der Waals surface area (Å²) in [4.78, 5) is 36.1. The largest absolute Gasteiger partial charge is 0.481 e. The smallest absolute Gasteiger partial charge is 0.303 e. The lowest BCUT2D eigenvalue weighted by Gasteiger charge is -2.40. The summed E-state index contributed by atoms with van der Waals surface area (Å²) in [5.41, 5.74) is 3.72. The minimum Gasteiger partial charge on any atom is -0.481 e. The molecule has 1 aromatic heterocycles. The molecule has 2 aromatic carbocycles. The van der Waals surface area contributed by atoms with Gasteiger partial charge in [-0.3, -0.25) is 14.5 Å². The van der Waals surface area contributed by atoms with E-state index in [1.807, 2.05) is 54.6 Å². The summed E-state index contributed by atoms with van der Waals surface area (Å²) in [6, 6.07) is 17.5. The number of hydrogen-bond acceptors (Lipinski definition) is 9. The molecule has 0 spiro atoms. The number of aliphatic hydroxyl groups is 1. The van der Waals surface area contributed by atoms with Crippen LogP contribution in [0, 0.1) is 0 Å². The van der Waals surface area contributed by atoms with Crippen LogP contribution in [0.3, 0.4) is 0 Å². The number of hydrogen-bond donors (Lipinski definition) is 3. The van der Waals surface area contributed by atoms with E-state index in [4.69, 9.17) is 14.6 Å². The lowest BCUT2D eigenvalue weighted by atomic mass is 9.99. The Bertz CT molecular complexity index is 1320. The van der Waals surface area contributed by atoms with Crippen LogP contribution >= 0.6 is 0 Å². The first-order valence-electron chi connectivity index (χ1n) is 14.8. The number of nitrogens with one attached hydrogen (secondary N) is 1. The molecule has 3 N–H and O–H groups in total. The van der Waals surface area contributed by atoms with E-state index >= 15 is 0 Å². The van der Waals surface area contributed by atoms with Crippen LogP contribution in [0.5, 0.6) is 0 Å². The first-order chi connectivity index (χ1) is 21.0. The van der Waals surface area contributed by atoms with Gasteiger partial charge in [0.15, 0.2) is 6.29 Å². The molecule has 5 rings (SSSR count). The number of carboxylic acid groups (broad SMARTS) is 1. The van der Waals surface area contributed by atoms with Gasteiger partial charge >= 0.3 is 5.97 Å². The van der Waals surface area contributed by atoms with E-state index in [9.17, 15) is 14.7 Å². The molecule has 1 amide bonds. The third-order valence-corrected chi connectivity index (χ3v) is 7.82. The van der Waals surface area contributed by atoms with Crippen molar-refractivity contribution in [2.24, 2.45) is 0 Å². The number of ether oxygens (including phenoxy) is 2. The van der Waals surface area contributed by atoms with Crippen molar-refractivity contribution in [3.63, 3.8) is 0 Å². The Labute approximate surface area is 251 Å². The van der Waals surface area contributed by atoms with Crippen LogP contribution in [-0.2, 0) is 32.2 Å². The van der Waals surface area contributed by atoms with E-state index < -0.39 is 12.3 Å². The molecule has 11 heteroatoms. The molecule has 0 radical (unpaired) electrons. The first-order valence-corrected chi connectivity index (χ1v) is 14.8. The average Bonchev–Trinajstić information content (AvgIpc) is 3.04. The van der Waals surface area contributed by atoms with Gasteiger partial charge in [-0.25, -0.2) is 9.97 Å². The van der Waals surface area contributed by atoms with E-state index in [1.54, 1.807) is 12.4 Å². The molecule has 2 aliphatic rings. The Balaban J connectivity index is 1.21. The molecule has 2 aliphatic heterocycles. The van der Waals surface area contributed by atoms with Crippen LogP contribution in [0.25, 0.3) is 0 Å². The highest BCUT2D eigenvalue weighted by molar-refractivity contribution is 5.76. The van der Waals surface area contributed by atoms with Gasteiger partial charge in [0.2, 0.25) is 11.9 Å². The van der Waals surface area contributed by atoms with E-state index in [0.717, 1.165) is 60.9 Å². The highest BCUT2D eigenvalue weighted by Gasteiger charge is 2.34. The van der Waals surface area contributed by atoms with Gasteiger partial charge in [0, 0.05) is 76.5 Å². The number of rotatable bonds is 12. The summed E-state index contributed by atoms with van der Waals surface area (Å²) in [6.45, 7) is 4.60. The summed E-state index contributed by atoms with van der Waals surface area (Å²) in [5, 5.41) is 21.1. The predicted molar refractivity (Wildman–Crippen MR) is 159 cm³/mol. The van der Waals surface area contributed by atoms with E-state index in [-0.39, 0.29) is 37.6 Å². The lowest BCUT2D eigenvalue weighted by molar-refractivity contribution is -0.253. The zero-order valence-corrected chi connectivity index (χ0v) is 24.2. The molecule has 3 atom stereocenters. The second kappa shape index (κ2) is 15.0. The van der Waals surface area contributed by atoms with E-state index in [0.29, 0.717) is 19.4 Å². The third-order valence-electron chi connectivity index (χ3n) is 7.82. The van der Waals surface area contributed by atoms with Gasteiger partial charge < -0.3 is 29.9 Å². The van der Waals surface area contributed by atoms with Gasteiger partial charge in [0.05, 0.1) is 18.8 Å². The Morgan fingerprint density at radius 1 is 0.884 bits per heavy atom. The Morgan fingerprint density at radius 2 is 1.56 bits per heavy atom. The third kappa shape index (κ3) is 8.80. The number of aliphatic carboxylic acids is 1. The van der Waals surface area contributed by atoms with Crippen LogP contribution < -0.4 is 10.2 Å². The summed E-state index contributed by atoms with van der Waals surface area (Å²) in [6.07, 6.45) is 3.96. The van der Waals surface area contributed by atoms with E-state index in [2.05, 4.69) is 25.1 Å². The van der Waals surface area contributed by atoms with Gasteiger partial charge in [-0.05, 0) is 29.2 Å². The van der Waals surface area contributed by atoms with Gasteiger partial charge in [-0.15, -0.1) is 0 Å².